The van der Waals surface area contributed by atoms with Crippen LogP contribution >= 0.6 is 0 Å². The predicted molar refractivity (Wildman–Crippen MR) is 52.6 cm³/mol. The monoisotopic (exact) mass is 212 g/mol. The summed E-state index contributed by atoms with van der Waals surface area (Å²) >= 11 is 0. The first kappa shape index (κ1) is 11.4. The summed E-state index contributed by atoms with van der Waals surface area (Å²) in [4.78, 5) is 10.1. The van der Waals surface area contributed by atoms with Crippen molar-refractivity contribution in [3.8, 4) is 5.75 Å². The average Bonchev–Trinajstić information content (AvgIpc) is 2.17. The van der Waals surface area contributed by atoms with Crippen LogP contribution in [0.5, 0.6) is 5.75 Å². The molecule has 0 saturated carbocycles. The van der Waals surface area contributed by atoms with E-state index in [-0.39, 0.29) is 17.7 Å². The highest BCUT2D eigenvalue weighted by atomic mass is 19.1. The minimum absolute atomic E-state index is 0.0291. The molecule has 0 bridgehead atoms. The zero-order valence-corrected chi connectivity index (χ0v) is 8.17. The summed E-state index contributed by atoms with van der Waals surface area (Å²) in [5, 5.41) is 0. The number of rotatable bonds is 4. The Kier molecular flexibility index (Phi) is 3.97. The summed E-state index contributed by atoms with van der Waals surface area (Å²) < 4.78 is 30.8. The first-order chi connectivity index (χ1) is 7.19. The van der Waals surface area contributed by atoms with E-state index >= 15 is 0 Å². The van der Waals surface area contributed by atoms with Crippen LogP contribution in [0.3, 0.4) is 0 Å². The Morgan fingerprint density at radius 1 is 1.40 bits per heavy atom. The number of methoxy groups -OCH3 is 1. The Labute approximate surface area is 86.2 Å². The molecule has 1 aromatic carbocycles. The van der Waals surface area contributed by atoms with Crippen molar-refractivity contribution in [3.05, 3.63) is 35.4 Å². The fraction of sp³-hybridized carbons (Fsp3) is 0.182. The minimum Gasteiger partial charge on any atom is -0.493 e. The molecule has 1 aromatic rings. The van der Waals surface area contributed by atoms with Crippen LogP contribution in [-0.2, 0) is 4.79 Å². The van der Waals surface area contributed by atoms with Gasteiger partial charge in [0.1, 0.15) is 12.1 Å². The second-order valence-corrected chi connectivity index (χ2v) is 2.81. The molecule has 0 atom stereocenters. The topological polar surface area (TPSA) is 26.3 Å². The molecule has 0 radical (unpaired) electrons. The first-order valence-corrected chi connectivity index (χ1v) is 4.32. The molecule has 0 saturated heterocycles. The number of carbonyl (C=O) groups is 1. The van der Waals surface area contributed by atoms with Crippen molar-refractivity contribution in [2.75, 3.05) is 7.11 Å². The third-order valence-electron chi connectivity index (χ3n) is 1.77. The summed E-state index contributed by atoms with van der Waals surface area (Å²) in [5.41, 5.74) is 0.275. The van der Waals surface area contributed by atoms with Crippen LogP contribution in [0.25, 0.3) is 6.08 Å². The first-order valence-electron chi connectivity index (χ1n) is 4.32. The number of ether oxygens (including phenoxy) is 1. The standard InChI is InChI=1S/C11H10F2O2/c1-15-11-8(4-2-3-5-14)6-9(12)7-10(11)13/h2,4-7H,3H2,1H3. The van der Waals surface area contributed by atoms with Gasteiger partial charge in [-0.1, -0.05) is 12.2 Å². The summed E-state index contributed by atoms with van der Waals surface area (Å²) in [6, 6.07) is 1.89. The van der Waals surface area contributed by atoms with Crippen molar-refractivity contribution in [3.63, 3.8) is 0 Å². The van der Waals surface area contributed by atoms with Crippen molar-refractivity contribution < 1.29 is 18.3 Å². The van der Waals surface area contributed by atoms with Gasteiger partial charge in [-0.3, -0.25) is 0 Å². The van der Waals surface area contributed by atoms with E-state index < -0.39 is 11.6 Å². The number of benzene rings is 1. The molecule has 4 heteroatoms. The number of carbonyl (C=O) groups excluding carboxylic acids is 1. The van der Waals surface area contributed by atoms with E-state index in [2.05, 4.69) is 0 Å². The third kappa shape index (κ3) is 2.87. The molecule has 0 aromatic heterocycles. The van der Waals surface area contributed by atoms with Crippen LogP contribution in [0.1, 0.15) is 12.0 Å². The van der Waals surface area contributed by atoms with Crippen molar-refractivity contribution in [1.29, 1.82) is 0 Å². The van der Waals surface area contributed by atoms with E-state index in [4.69, 9.17) is 4.74 Å². The molecule has 0 aliphatic rings. The summed E-state index contributed by atoms with van der Waals surface area (Å²) in [7, 11) is 1.30. The van der Waals surface area contributed by atoms with Crippen LogP contribution in [0.2, 0.25) is 0 Å². The molecule has 1 rings (SSSR count). The van der Waals surface area contributed by atoms with Gasteiger partial charge in [0, 0.05) is 18.1 Å². The molecule has 0 N–H and O–H groups in total. The van der Waals surface area contributed by atoms with Crippen molar-refractivity contribution in [2.24, 2.45) is 0 Å². The number of halogens is 2. The summed E-state index contributed by atoms with van der Waals surface area (Å²) in [5.74, 6) is -1.47. The van der Waals surface area contributed by atoms with Crippen LogP contribution in [0.4, 0.5) is 8.78 Å². The normalized spacial score (nSPS) is 10.6. The van der Waals surface area contributed by atoms with Crippen molar-refractivity contribution >= 4 is 12.4 Å². The quantitative estimate of drug-likeness (QED) is 0.717. The van der Waals surface area contributed by atoms with E-state index in [9.17, 15) is 13.6 Å². The maximum Gasteiger partial charge on any atom is 0.168 e. The Morgan fingerprint density at radius 2 is 2.13 bits per heavy atom. The van der Waals surface area contributed by atoms with Crippen LogP contribution in [0.15, 0.2) is 18.2 Å². The fourth-order valence-corrected chi connectivity index (χ4v) is 1.17. The van der Waals surface area contributed by atoms with Gasteiger partial charge in [-0.25, -0.2) is 8.78 Å². The smallest absolute Gasteiger partial charge is 0.168 e. The Morgan fingerprint density at radius 3 is 2.73 bits per heavy atom. The fourth-order valence-electron chi connectivity index (χ4n) is 1.17. The van der Waals surface area contributed by atoms with Crippen LogP contribution in [0, 0.1) is 11.6 Å². The second kappa shape index (κ2) is 5.24. The van der Waals surface area contributed by atoms with Gasteiger partial charge in [-0.2, -0.15) is 0 Å². The van der Waals surface area contributed by atoms with E-state index in [1.165, 1.54) is 19.3 Å². The van der Waals surface area contributed by atoms with Gasteiger partial charge in [0.2, 0.25) is 0 Å². The van der Waals surface area contributed by atoms with Crippen molar-refractivity contribution in [1.82, 2.24) is 0 Å². The molecule has 0 fully saturated rings. The summed E-state index contributed by atoms with van der Waals surface area (Å²) in [6.07, 6.45) is 3.84. The largest absolute Gasteiger partial charge is 0.493 e. The SMILES string of the molecule is COc1c(F)cc(F)cc1C=CCC=O. The third-order valence-corrected chi connectivity index (χ3v) is 1.77. The number of allylic oxidation sites excluding steroid dienone is 1. The highest BCUT2D eigenvalue weighted by Gasteiger charge is 2.09. The highest BCUT2D eigenvalue weighted by Crippen LogP contribution is 2.25. The maximum absolute atomic E-state index is 13.2. The van der Waals surface area contributed by atoms with Gasteiger partial charge >= 0.3 is 0 Å². The number of hydrogen-bond acceptors (Lipinski definition) is 2. The molecule has 0 amide bonds. The molecule has 0 aliphatic carbocycles. The van der Waals surface area contributed by atoms with Gasteiger partial charge < -0.3 is 9.53 Å². The second-order valence-electron chi connectivity index (χ2n) is 2.81. The summed E-state index contributed by atoms with van der Waals surface area (Å²) in [6.45, 7) is 0. The van der Waals surface area contributed by atoms with E-state index in [1.54, 1.807) is 0 Å². The zero-order valence-electron chi connectivity index (χ0n) is 8.17. The van der Waals surface area contributed by atoms with E-state index in [0.717, 1.165) is 12.1 Å². The molecular weight excluding hydrogens is 202 g/mol. The highest BCUT2D eigenvalue weighted by molar-refractivity contribution is 5.61. The van der Waals surface area contributed by atoms with Crippen LogP contribution in [-0.4, -0.2) is 13.4 Å². The lowest BCUT2D eigenvalue weighted by molar-refractivity contribution is -0.107. The minimum atomic E-state index is -0.761. The van der Waals surface area contributed by atoms with Crippen molar-refractivity contribution in [2.45, 2.75) is 6.42 Å². The molecule has 2 nitrogen and oxygen atoms in total. The molecule has 0 unspecified atom stereocenters. The van der Waals surface area contributed by atoms with E-state index in [1.807, 2.05) is 0 Å². The Bertz CT molecular complexity index is 386. The number of aldehydes is 1. The van der Waals surface area contributed by atoms with Gasteiger partial charge in [0.05, 0.1) is 7.11 Å². The maximum atomic E-state index is 13.2. The molecule has 15 heavy (non-hydrogen) atoms. The molecular formula is C11H10F2O2. The number of hydrogen-bond donors (Lipinski definition) is 0. The molecule has 0 heterocycles. The Hall–Kier alpha value is -1.71. The van der Waals surface area contributed by atoms with Gasteiger partial charge in [0.15, 0.2) is 11.6 Å². The van der Waals surface area contributed by atoms with E-state index in [0.29, 0.717) is 6.29 Å². The molecule has 0 aliphatic heterocycles. The predicted octanol–water partition coefficient (Wildman–Crippen LogP) is 2.58. The lowest BCUT2D eigenvalue weighted by Gasteiger charge is -2.05. The molecule has 80 valence electrons. The lowest BCUT2D eigenvalue weighted by atomic mass is 10.1. The average molecular weight is 212 g/mol. The zero-order chi connectivity index (χ0) is 11.3. The Balaban J connectivity index is 3.08. The lowest BCUT2D eigenvalue weighted by Crippen LogP contribution is -1.93. The van der Waals surface area contributed by atoms with Crippen LogP contribution < -0.4 is 4.74 Å². The van der Waals surface area contributed by atoms with Gasteiger partial charge in [-0.05, 0) is 6.07 Å². The van der Waals surface area contributed by atoms with Gasteiger partial charge in [-0.15, -0.1) is 0 Å². The van der Waals surface area contributed by atoms with Gasteiger partial charge in [0.25, 0.3) is 0 Å². The molecule has 0 spiro atoms.